The SMILES string of the molecule is CCOC(=O)C1CCN(C(=O)CN(C)C(=O)Cn2cnc3ccccc3c2=O)CC1. The maximum atomic E-state index is 12.5. The van der Waals surface area contributed by atoms with E-state index in [9.17, 15) is 19.2 Å². The molecule has 0 spiro atoms. The maximum Gasteiger partial charge on any atom is 0.309 e. The number of carbonyl (C=O) groups is 3. The number of likely N-dealkylation sites (tertiary alicyclic amines) is 1. The Kier molecular flexibility index (Phi) is 6.81. The zero-order valence-electron chi connectivity index (χ0n) is 17.2. The second-order valence-electron chi connectivity index (χ2n) is 7.35. The van der Waals surface area contributed by atoms with Crippen LogP contribution in [-0.4, -0.2) is 70.4 Å². The largest absolute Gasteiger partial charge is 0.466 e. The number of nitrogens with zero attached hydrogens (tertiary/aromatic N) is 4. The minimum atomic E-state index is -0.357. The zero-order valence-corrected chi connectivity index (χ0v) is 17.2. The van der Waals surface area contributed by atoms with Crippen molar-refractivity contribution in [3.8, 4) is 0 Å². The summed E-state index contributed by atoms with van der Waals surface area (Å²) in [6, 6.07) is 6.93. The van der Waals surface area contributed by atoms with E-state index in [1.807, 2.05) is 0 Å². The molecular weight excluding hydrogens is 388 g/mol. The fraction of sp³-hybridized carbons (Fsp3) is 0.476. The van der Waals surface area contributed by atoms with Crippen LogP contribution in [0.5, 0.6) is 0 Å². The van der Waals surface area contributed by atoms with Gasteiger partial charge < -0.3 is 14.5 Å². The highest BCUT2D eigenvalue weighted by Crippen LogP contribution is 2.19. The molecule has 1 saturated heterocycles. The van der Waals surface area contributed by atoms with Gasteiger partial charge in [-0.2, -0.15) is 0 Å². The van der Waals surface area contributed by atoms with Crippen LogP contribution < -0.4 is 5.56 Å². The predicted molar refractivity (Wildman–Crippen MR) is 110 cm³/mol. The van der Waals surface area contributed by atoms with E-state index < -0.39 is 0 Å². The summed E-state index contributed by atoms with van der Waals surface area (Å²) in [4.78, 5) is 56.6. The van der Waals surface area contributed by atoms with Crippen molar-refractivity contribution in [1.82, 2.24) is 19.4 Å². The van der Waals surface area contributed by atoms with E-state index in [4.69, 9.17) is 4.74 Å². The lowest BCUT2D eigenvalue weighted by atomic mass is 9.97. The number of likely N-dealkylation sites (N-methyl/N-ethyl adjacent to an activating group) is 1. The van der Waals surface area contributed by atoms with Crippen LogP contribution in [0.15, 0.2) is 35.4 Å². The molecule has 1 aliphatic rings. The van der Waals surface area contributed by atoms with Crippen molar-refractivity contribution in [1.29, 1.82) is 0 Å². The summed E-state index contributed by atoms with van der Waals surface area (Å²) in [7, 11) is 1.53. The van der Waals surface area contributed by atoms with Crippen LogP contribution in [0.25, 0.3) is 10.9 Å². The van der Waals surface area contributed by atoms with Gasteiger partial charge in [0.2, 0.25) is 11.8 Å². The summed E-state index contributed by atoms with van der Waals surface area (Å²) in [5.41, 5.74) is 0.274. The van der Waals surface area contributed by atoms with Gasteiger partial charge in [-0.3, -0.25) is 23.7 Å². The van der Waals surface area contributed by atoms with Crippen LogP contribution in [0.3, 0.4) is 0 Å². The van der Waals surface area contributed by atoms with Crippen LogP contribution >= 0.6 is 0 Å². The van der Waals surface area contributed by atoms with Crippen molar-refractivity contribution in [3.63, 3.8) is 0 Å². The van der Waals surface area contributed by atoms with Crippen molar-refractivity contribution < 1.29 is 19.1 Å². The first kappa shape index (κ1) is 21.5. The third kappa shape index (κ3) is 4.84. The minimum absolute atomic E-state index is 0.0847. The molecule has 3 rings (SSSR count). The molecule has 2 heterocycles. The fourth-order valence-electron chi connectivity index (χ4n) is 3.50. The average Bonchev–Trinajstić information content (AvgIpc) is 2.76. The summed E-state index contributed by atoms with van der Waals surface area (Å²) in [5, 5.41) is 0.441. The topological polar surface area (TPSA) is 102 Å². The van der Waals surface area contributed by atoms with Crippen molar-refractivity contribution in [2.45, 2.75) is 26.3 Å². The third-order valence-corrected chi connectivity index (χ3v) is 5.30. The molecule has 1 aromatic carbocycles. The number of fused-ring (bicyclic) bond motifs is 1. The number of rotatable bonds is 6. The number of carbonyl (C=O) groups excluding carboxylic acids is 3. The number of benzene rings is 1. The smallest absolute Gasteiger partial charge is 0.309 e. The number of esters is 1. The Balaban J connectivity index is 1.55. The van der Waals surface area contributed by atoms with Gasteiger partial charge in [0.1, 0.15) is 6.54 Å². The highest BCUT2D eigenvalue weighted by Gasteiger charge is 2.29. The number of hydrogen-bond acceptors (Lipinski definition) is 6. The first-order chi connectivity index (χ1) is 14.4. The quantitative estimate of drug-likeness (QED) is 0.644. The molecular formula is C21H26N4O5. The van der Waals surface area contributed by atoms with Gasteiger partial charge >= 0.3 is 5.97 Å². The van der Waals surface area contributed by atoms with Crippen LogP contribution in [0.1, 0.15) is 19.8 Å². The monoisotopic (exact) mass is 414 g/mol. The lowest BCUT2D eigenvalue weighted by molar-refractivity contribution is -0.151. The molecule has 1 fully saturated rings. The Morgan fingerprint density at radius 2 is 1.90 bits per heavy atom. The summed E-state index contributed by atoms with van der Waals surface area (Å²) >= 11 is 0. The molecule has 1 aliphatic heterocycles. The van der Waals surface area contributed by atoms with Gasteiger partial charge in [0.15, 0.2) is 0 Å². The van der Waals surface area contributed by atoms with Gasteiger partial charge in [-0.25, -0.2) is 4.98 Å². The molecule has 30 heavy (non-hydrogen) atoms. The molecule has 0 radical (unpaired) electrons. The molecule has 2 amide bonds. The van der Waals surface area contributed by atoms with Crippen LogP contribution in [-0.2, 0) is 25.7 Å². The van der Waals surface area contributed by atoms with Gasteiger partial charge in [-0.1, -0.05) is 12.1 Å². The second kappa shape index (κ2) is 9.51. The van der Waals surface area contributed by atoms with Crippen LogP contribution in [0, 0.1) is 5.92 Å². The molecule has 0 atom stereocenters. The molecule has 0 bridgehead atoms. The van der Waals surface area contributed by atoms with Crippen molar-refractivity contribution in [2.24, 2.45) is 5.92 Å². The number of piperidine rings is 1. The van der Waals surface area contributed by atoms with E-state index in [2.05, 4.69) is 4.98 Å². The van der Waals surface area contributed by atoms with Crippen molar-refractivity contribution in [2.75, 3.05) is 33.3 Å². The second-order valence-corrected chi connectivity index (χ2v) is 7.35. The lowest BCUT2D eigenvalue weighted by Crippen LogP contribution is -2.46. The number of para-hydroxylation sites is 1. The summed E-state index contributed by atoms with van der Waals surface area (Å²) < 4.78 is 6.28. The molecule has 0 unspecified atom stereocenters. The van der Waals surface area contributed by atoms with Crippen LogP contribution in [0.4, 0.5) is 0 Å². The Bertz CT molecular complexity index is 994. The average molecular weight is 414 g/mol. The van der Waals surface area contributed by atoms with Crippen LogP contribution in [0.2, 0.25) is 0 Å². The van der Waals surface area contributed by atoms with E-state index in [0.29, 0.717) is 43.4 Å². The van der Waals surface area contributed by atoms with E-state index in [1.54, 1.807) is 36.1 Å². The normalized spacial score (nSPS) is 14.5. The number of ether oxygens (including phenoxy) is 1. The van der Waals surface area contributed by atoms with Crippen molar-refractivity contribution >= 4 is 28.7 Å². The predicted octanol–water partition coefficient (Wildman–Crippen LogP) is 0.657. The molecule has 9 heteroatoms. The standard InChI is InChI=1S/C21H26N4O5/c1-3-30-21(29)15-8-10-24(11-9-15)19(27)12-23(2)18(26)13-25-14-22-17-7-5-4-6-16(17)20(25)28/h4-7,14-15H,3,8-13H2,1-2H3. The molecule has 160 valence electrons. The van der Waals surface area contributed by atoms with Gasteiger partial charge in [0, 0.05) is 20.1 Å². The third-order valence-electron chi connectivity index (χ3n) is 5.30. The molecule has 0 saturated carbocycles. The van der Waals surface area contributed by atoms with E-state index in [-0.39, 0.29) is 42.4 Å². The molecule has 2 aromatic rings. The van der Waals surface area contributed by atoms with Gasteiger partial charge in [-0.15, -0.1) is 0 Å². The van der Waals surface area contributed by atoms with E-state index >= 15 is 0 Å². The van der Waals surface area contributed by atoms with E-state index in [0.717, 1.165) is 0 Å². The van der Waals surface area contributed by atoms with Gasteiger partial charge in [0.25, 0.3) is 5.56 Å². The Morgan fingerprint density at radius 3 is 2.60 bits per heavy atom. The van der Waals surface area contributed by atoms with Gasteiger partial charge in [-0.05, 0) is 31.9 Å². The number of amides is 2. The summed E-state index contributed by atoms with van der Waals surface area (Å²) in [5.74, 6) is -0.937. The lowest BCUT2D eigenvalue weighted by Gasteiger charge is -2.32. The zero-order chi connectivity index (χ0) is 21.7. The molecule has 1 aromatic heterocycles. The first-order valence-corrected chi connectivity index (χ1v) is 10.0. The fourth-order valence-corrected chi connectivity index (χ4v) is 3.50. The maximum absolute atomic E-state index is 12.5. The van der Waals surface area contributed by atoms with Gasteiger partial charge in [0.05, 0.1) is 36.3 Å². The molecule has 9 nitrogen and oxygen atoms in total. The number of hydrogen-bond donors (Lipinski definition) is 0. The first-order valence-electron chi connectivity index (χ1n) is 10.0. The summed E-state index contributed by atoms with van der Waals surface area (Å²) in [6.07, 6.45) is 2.46. The molecule has 0 aliphatic carbocycles. The minimum Gasteiger partial charge on any atom is -0.466 e. The number of aromatic nitrogens is 2. The molecule has 0 N–H and O–H groups in total. The highest BCUT2D eigenvalue weighted by atomic mass is 16.5. The van der Waals surface area contributed by atoms with Crippen molar-refractivity contribution in [3.05, 3.63) is 40.9 Å². The Hall–Kier alpha value is -3.23. The summed E-state index contributed by atoms with van der Waals surface area (Å²) in [6.45, 7) is 2.76. The Labute approximate surface area is 174 Å². The Morgan fingerprint density at radius 1 is 1.20 bits per heavy atom. The van der Waals surface area contributed by atoms with E-state index in [1.165, 1.54) is 22.8 Å². The highest BCUT2D eigenvalue weighted by molar-refractivity contribution is 5.85.